The van der Waals surface area contributed by atoms with Gasteiger partial charge in [0.05, 0.1) is 6.61 Å². The molecule has 2 heteroatoms. The van der Waals surface area contributed by atoms with E-state index in [4.69, 9.17) is 4.74 Å². The molecule has 12 heavy (non-hydrogen) atoms. The second-order valence-electron chi connectivity index (χ2n) is 3.78. The lowest BCUT2D eigenvalue weighted by Crippen LogP contribution is -2.34. The van der Waals surface area contributed by atoms with E-state index in [1.807, 2.05) is 0 Å². The first-order chi connectivity index (χ1) is 5.84. The smallest absolute Gasteiger partial charge is 0.0587 e. The molecule has 0 aliphatic heterocycles. The van der Waals surface area contributed by atoms with E-state index in [1.54, 1.807) is 7.11 Å². The normalized spacial score (nSPS) is 21.5. The molecule has 2 nitrogen and oxygen atoms in total. The molecule has 0 amide bonds. The van der Waals surface area contributed by atoms with Crippen molar-refractivity contribution in [3.05, 3.63) is 0 Å². The number of hydrogen-bond donors (Lipinski definition) is 1. The molecule has 0 aromatic carbocycles. The van der Waals surface area contributed by atoms with Crippen LogP contribution in [0.15, 0.2) is 0 Å². The quantitative estimate of drug-likeness (QED) is 0.637. The predicted octanol–water partition coefficient (Wildman–Crippen LogP) is 1.80. The molecule has 0 radical (unpaired) electrons. The Balaban J connectivity index is 2.05. The highest BCUT2D eigenvalue weighted by Gasteiger charge is 2.20. The van der Waals surface area contributed by atoms with Crippen molar-refractivity contribution < 1.29 is 4.74 Å². The standard InChI is InChI=1S/C10H21NO/c1-9(11-7-8-12-2)10-5-3-4-6-10/h9-11H,3-8H2,1-2H3. The molecule has 1 unspecified atom stereocenters. The van der Waals surface area contributed by atoms with Gasteiger partial charge in [-0.2, -0.15) is 0 Å². The van der Waals surface area contributed by atoms with E-state index < -0.39 is 0 Å². The molecule has 1 fully saturated rings. The van der Waals surface area contributed by atoms with Crippen LogP contribution in [0.4, 0.5) is 0 Å². The summed E-state index contributed by atoms with van der Waals surface area (Å²) in [5.41, 5.74) is 0. The Labute approximate surface area is 75.7 Å². The number of ether oxygens (including phenoxy) is 1. The Kier molecular flexibility index (Phi) is 4.62. The summed E-state index contributed by atoms with van der Waals surface area (Å²) >= 11 is 0. The summed E-state index contributed by atoms with van der Waals surface area (Å²) in [6.07, 6.45) is 5.70. The van der Waals surface area contributed by atoms with Crippen molar-refractivity contribution in [2.24, 2.45) is 5.92 Å². The molecule has 1 aliphatic carbocycles. The maximum atomic E-state index is 4.99. The fourth-order valence-corrected chi connectivity index (χ4v) is 2.01. The van der Waals surface area contributed by atoms with Crippen LogP contribution in [0.5, 0.6) is 0 Å². The number of methoxy groups -OCH3 is 1. The van der Waals surface area contributed by atoms with E-state index in [-0.39, 0.29) is 0 Å². The van der Waals surface area contributed by atoms with Crippen molar-refractivity contribution in [1.82, 2.24) is 5.32 Å². The van der Waals surface area contributed by atoms with Crippen molar-refractivity contribution >= 4 is 0 Å². The van der Waals surface area contributed by atoms with E-state index in [9.17, 15) is 0 Å². The van der Waals surface area contributed by atoms with Gasteiger partial charge in [-0.25, -0.2) is 0 Å². The highest BCUT2D eigenvalue weighted by molar-refractivity contribution is 4.76. The van der Waals surface area contributed by atoms with Crippen LogP contribution in [0.25, 0.3) is 0 Å². The SMILES string of the molecule is COCCNC(C)C1CCCC1. The molecule has 72 valence electrons. The average Bonchev–Trinajstić information content (AvgIpc) is 2.56. The van der Waals surface area contributed by atoms with Gasteiger partial charge in [0.2, 0.25) is 0 Å². The van der Waals surface area contributed by atoms with E-state index in [0.717, 1.165) is 19.1 Å². The van der Waals surface area contributed by atoms with Crippen LogP contribution in [0.1, 0.15) is 32.6 Å². The van der Waals surface area contributed by atoms with Gasteiger partial charge in [-0.1, -0.05) is 12.8 Å². The van der Waals surface area contributed by atoms with Crippen molar-refractivity contribution in [3.63, 3.8) is 0 Å². The van der Waals surface area contributed by atoms with Gasteiger partial charge in [-0.15, -0.1) is 0 Å². The Morgan fingerprint density at radius 3 is 2.67 bits per heavy atom. The molecular formula is C10H21NO. The molecule has 0 saturated heterocycles. The van der Waals surface area contributed by atoms with Gasteiger partial charge in [0.1, 0.15) is 0 Å². The first kappa shape index (κ1) is 10.0. The molecular weight excluding hydrogens is 150 g/mol. The monoisotopic (exact) mass is 171 g/mol. The van der Waals surface area contributed by atoms with Gasteiger partial charge in [-0.05, 0) is 25.7 Å². The number of nitrogens with one attached hydrogen (secondary N) is 1. The minimum atomic E-state index is 0.683. The Morgan fingerprint density at radius 1 is 1.42 bits per heavy atom. The van der Waals surface area contributed by atoms with E-state index >= 15 is 0 Å². The minimum Gasteiger partial charge on any atom is -0.383 e. The van der Waals surface area contributed by atoms with Crippen molar-refractivity contribution in [2.45, 2.75) is 38.6 Å². The maximum Gasteiger partial charge on any atom is 0.0587 e. The third-order valence-corrected chi connectivity index (χ3v) is 2.88. The molecule has 1 atom stereocenters. The van der Waals surface area contributed by atoms with Crippen molar-refractivity contribution in [1.29, 1.82) is 0 Å². The zero-order chi connectivity index (χ0) is 8.81. The largest absolute Gasteiger partial charge is 0.383 e. The highest BCUT2D eigenvalue weighted by Crippen LogP contribution is 2.27. The summed E-state index contributed by atoms with van der Waals surface area (Å²) in [6, 6.07) is 0.683. The van der Waals surface area contributed by atoms with Gasteiger partial charge in [0.25, 0.3) is 0 Å². The fraction of sp³-hybridized carbons (Fsp3) is 1.00. The summed E-state index contributed by atoms with van der Waals surface area (Å²) in [7, 11) is 1.75. The predicted molar refractivity (Wildman–Crippen MR) is 51.3 cm³/mol. The summed E-state index contributed by atoms with van der Waals surface area (Å²) in [6.45, 7) is 4.12. The first-order valence-corrected chi connectivity index (χ1v) is 5.07. The number of hydrogen-bond acceptors (Lipinski definition) is 2. The van der Waals surface area contributed by atoms with Crippen molar-refractivity contribution in [3.8, 4) is 0 Å². The first-order valence-electron chi connectivity index (χ1n) is 5.07. The zero-order valence-electron chi connectivity index (χ0n) is 8.31. The Bertz CT molecular complexity index is 110. The number of rotatable bonds is 5. The lowest BCUT2D eigenvalue weighted by molar-refractivity contribution is 0.192. The molecule has 0 heterocycles. The molecule has 0 aromatic heterocycles. The van der Waals surface area contributed by atoms with Gasteiger partial charge in [0, 0.05) is 19.7 Å². The van der Waals surface area contributed by atoms with Crippen LogP contribution in [-0.2, 0) is 4.74 Å². The summed E-state index contributed by atoms with van der Waals surface area (Å²) in [5.74, 6) is 0.918. The van der Waals surface area contributed by atoms with Gasteiger partial charge >= 0.3 is 0 Å². The molecule has 1 aliphatic rings. The van der Waals surface area contributed by atoms with Crippen LogP contribution in [0.2, 0.25) is 0 Å². The summed E-state index contributed by atoms with van der Waals surface area (Å²) in [4.78, 5) is 0. The second kappa shape index (κ2) is 5.55. The lowest BCUT2D eigenvalue weighted by Gasteiger charge is -2.19. The van der Waals surface area contributed by atoms with Crippen LogP contribution in [-0.4, -0.2) is 26.3 Å². The molecule has 0 spiro atoms. The van der Waals surface area contributed by atoms with Crippen LogP contribution in [0.3, 0.4) is 0 Å². The van der Waals surface area contributed by atoms with Gasteiger partial charge in [-0.3, -0.25) is 0 Å². The Hall–Kier alpha value is -0.0800. The van der Waals surface area contributed by atoms with E-state index in [2.05, 4.69) is 12.2 Å². The summed E-state index contributed by atoms with van der Waals surface area (Å²) in [5, 5.41) is 3.50. The zero-order valence-corrected chi connectivity index (χ0v) is 8.31. The molecule has 1 saturated carbocycles. The maximum absolute atomic E-state index is 4.99. The molecule has 0 aromatic rings. The van der Waals surface area contributed by atoms with Crippen LogP contribution in [0, 0.1) is 5.92 Å². The average molecular weight is 171 g/mol. The summed E-state index contributed by atoms with van der Waals surface area (Å²) < 4.78 is 4.99. The Morgan fingerprint density at radius 2 is 2.08 bits per heavy atom. The van der Waals surface area contributed by atoms with Crippen LogP contribution < -0.4 is 5.32 Å². The lowest BCUT2D eigenvalue weighted by atomic mass is 10.00. The molecule has 1 N–H and O–H groups in total. The molecule has 1 rings (SSSR count). The van der Waals surface area contributed by atoms with E-state index in [0.29, 0.717) is 6.04 Å². The van der Waals surface area contributed by atoms with Gasteiger partial charge in [0.15, 0.2) is 0 Å². The highest BCUT2D eigenvalue weighted by atomic mass is 16.5. The van der Waals surface area contributed by atoms with Crippen molar-refractivity contribution in [2.75, 3.05) is 20.3 Å². The second-order valence-corrected chi connectivity index (χ2v) is 3.78. The fourth-order valence-electron chi connectivity index (χ4n) is 2.01. The van der Waals surface area contributed by atoms with Gasteiger partial charge < -0.3 is 10.1 Å². The van der Waals surface area contributed by atoms with E-state index in [1.165, 1.54) is 25.7 Å². The third kappa shape index (κ3) is 3.11. The minimum absolute atomic E-state index is 0.683. The topological polar surface area (TPSA) is 21.3 Å². The van der Waals surface area contributed by atoms with Crippen LogP contribution >= 0.6 is 0 Å². The third-order valence-electron chi connectivity index (χ3n) is 2.88. The molecule has 0 bridgehead atoms.